The van der Waals surface area contributed by atoms with Crippen molar-refractivity contribution in [3.8, 4) is 0 Å². The van der Waals surface area contributed by atoms with Gasteiger partial charge in [0.1, 0.15) is 0 Å². The van der Waals surface area contributed by atoms with Gasteiger partial charge in [-0.2, -0.15) is 0 Å². The first-order chi connectivity index (χ1) is 16.2. The Hall–Kier alpha value is -1.29. The van der Waals surface area contributed by atoms with Crippen LogP contribution in [0.3, 0.4) is 0 Å². The number of carbonyl (C=O) groups excluding carboxylic acids is 1. The number of hydrogen-bond acceptors (Lipinski definition) is 4. The van der Waals surface area contributed by atoms with Gasteiger partial charge in [-0.1, -0.05) is 0 Å². The van der Waals surface area contributed by atoms with Crippen LogP contribution in [0.25, 0.3) is 9.68 Å². The molecule has 1 aromatic heterocycles. The number of alkyl halides is 1. The molecule has 2 heterocycles. The summed E-state index contributed by atoms with van der Waals surface area (Å²) in [7, 11) is 0. The van der Waals surface area contributed by atoms with E-state index < -0.39 is 29.9 Å². The number of nitrogens with zero attached hydrogens (tertiary/aromatic N) is 3. The largest absolute Gasteiger partial charge is 0 e. The average molecular weight is 779 g/mol. The second kappa shape index (κ2) is 12.3. The molecule has 0 spiro atoms. The van der Waals surface area contributed by atoms with E-state index in [0.717, 1.165) is 12.8 Å². The molecule has 6 nitrogen and oxygen atoms in total. The van der Waals surface area contributed by atoms with Crippen LogP contribution in [0, 0.1) is 18.7 Å². The van der Waals surface area contributed by atoms with Crippen LogP contribution in [0.5, 0.6) is 0 Å². The minimum absolute atomic E-state index is 0. The van der Waals surface area contributed by atoms with Crippen LogP contribution in [-0.2, 0) is 20.4 Å². The van der Waals surface area contributed by atoms with E-state index in [2.05, 4.69) is 54.9 Å². The van der Waals surface area contributed by atoms with Gasteiger partial charge in [-0.3, -0.25) is 0 Å². The fraction of sp³-hybridized carbons (Fsp3) is 0.391. The molecule has 1 aliphatic carbocycles. The third-order valence-corrected chi connectivity index (χ3v) is 7.18. The molecule has 1 saturated heterocycles. The minimum Gasteiger partial charge on any atom is 0 e. The molecule has 4 rings (SSSR count). The van der Waals surface area contributed by atoms with Crippen molar-refractivity contribution in [2.75, 3.05) is 22.2 Å². The normalized spacial score (nSPS) is 20.1. The zero-order valence-electron chi connectivity index (χ0n) is 18.8. The third kappa shape index (κ3) is 7.14. The maximum absolute atomic E-state index is 14.6. The number of benzene rings is 1. The average Bonchev–Trinajstić information content (AvgIpc) is 3.60. The molecule has 2 aromatic rings. The van der Waals surface area contributed by atoms with Gasteiger partial charge < -0.3 is 0 Å². The van der Waals surface area contributed by atoms with Crippen LogP contribution < -0.4 is 14.5 Å². The minimum atomic E-state index is -1.11. The van der Waals surface area contributed by atoms with Crippen molar-refractivity contribution in [1.29, 1.82) is 0 Å². The molecular formula is C23H23As2F3N5ORe-. The van der Waals surface area contributed by atoms with E-state index >= 15 is 0 Å². The fourth-order valence-corrected chi connectivity index (χ4v) is 5.36. The first-order valence-electron chi connectivity index (χ1n) is 10.9. The van der Waals surface area contributed by atoms with E-state index in [0.29, 0.717) is 34.3 Å². The molecule has 2 unspecified atom stereocenters. The number of amides is 1. The van der Waals surface area contributed by atoms with Crippen molar-refractivity contribution in [2.45, 2.75) is 44.4 Å². The quantitative estimate of drug-likeness (QED) is 0.334. The molecule has 35 heavy (non-hydrogen) atoms. The molecule has 12 heteroatoms. The molecule has 2 fully saturated rings. The van der Waals surface area contributed by atoms with Crippen molar-refractivity contribution in [2.24, 2.45) is 0 Å². The van der Waals surface area contributed by atoms with Gasteiger partial charge in [0.25, 0.3) is 0 Å². The predicted molar refractivity (Wildman–Crippen MR) is 128 cm³/mol. The van der Waals surface area contributed by atoms with Gasteiger partial charge in [0.2, 0.25) is 0 Å². The van der Waals surface area contributed by atoms with Crippen LogP contribution in [0.15, 0.2) is 30.6 Å². The molecule has 0 bridgehead atoms. The first kappa shape index (κ1) is 28.3. The standard InChI is InChI=1S/C23H23As2F3N5O.Re/c1-12-6-18(26)16(23(34)32-13-2-3-13)8-21(12)33(25)11-17(24)15-7-14(9-30-22(15)28)31-20-4-5-29-10-19(20)27;/h6-9,11,13,19-20,31H,2-5,10H2,1H3,(H,32,34);/q-1;/b17-11-;. The molecule has 2 aliphatic rings. The summed E-state index contributed by atoms with van der Waals surface area (Å²) in [5.41, 5.74) is 1.90. The topological polar surface area (TPSA) is 71.4 Å². The second-order valence-corrected chi connectivity index (χ2v) is 10.4. The fourth-order valence-electron chi connectivity index (χ4n) is 3.66. The summed E-state index contributed by atoms with van der Waals surface area (Å²) in [5.74, 6) is -1.71. The van der Waals surface area contributed by atoms with Gasteiger partial charge in [0, 0.05) is 20.4 Å². The number of halogens is 3. The van der Waals surface area contributed by atoms with Crippen molar-refractivity contribution < 1.29 is 38.4 Å². The molecule has 5 radical (unpaired) electrons. The summed E-state index contributed by atoms with van der Waals surface area (Å²) in [6, 6.07) is 4.08. The number of anilines is 2. The summed E-state index contributed by atoms with van der Waals surface area (Å²) < 4.78 is 45.3. The van der Waals surface area contributed by atoms with E-state index in [1.54, 1.807) is 23.0 Å². The molecule has 1 aromatic carbocycles. The number of carbonyl (C=O) groups is 1. The Morgan fingerprint density at radius 1 is 1.23 bits per heavy atom. The summed E-state index contributed by atoms with van der Waals surface area (Å²) in [4.78, 5) is 16.2. The van der Waals surface area contributed by atoms with Crippen LogP contribution in [0.2, 0.25) is 0 Å². The van der Waals surface area contributed by atoms with Crippen LogP contribution >= 0.6 is 0 Å². The molecule has 1 aliphatic heterocycles. The summed E-state index contributed by atoms with van der Waals surface area (Å²) in [5, 5.41) is 9.95. The van der Waals surface area contributed by atoms with E-state index in [4.69, 9.17) is 0 Å². The van der Waals surface area contributed by atoms with Crippen LogP contribution in [-0.4, -0.2) is 76.2 Å². The smallest absolute Gasteiger partial charge is 0 e. The maximum Gasteiger partial charge on any atom is 0 e. The monoisotopic (exact) mass is 779 g/mol. The van der Waals surface area contributed by atoms with Gasteiger partial charge in [-0.25, -0.2) is 0 Å². The van der Waals surface area contributed by atoms with E-state index in [-0.39, 0.29) is 44.1 Å². The summed E-state index contributed by atoms with van der Waals surface area (Å²) in [6.45, 7) is 2.46. The van der Waals surface area contributed by atoms with Crippen molar-refractivity contribution >= 4 is 55.6 Å². The summed E-state index contributed by atoms with van der Waals surface area (Å²) >= 11 is 4.58. The molecule has 185 valence electrons. The Bertz CT molecular complexity index is 1120. The Balaban J connectivity index is 0.00000342. The summed E-state index contributed by atoms with van der Waals surface area (Å²) in [6.07, 6.45) is 4.23. The number of aromatic nitrogens is 1. The molecule has 2 N–H and O–H groups in total. The van der Waals surface area contributed by atoms with Crippen molar-refractivity contribution in [1.82, 2.24) is 10.3 Å². The van der Waals surface area contributed by atoms with Crippen molar-refractivity contribution in [3.63, 3.8) is 0 Å². The number of pyridine rings is 1. The van der Waals surface area contributed by atoms with Gasteiger partial charge in [0.15, 0.2) is 0 Å². The van der Waals surface area contributed by atoms with E-state index in [1.165, 1.54) is 18.3 Å². The van der Waals surface area contributed by atoms with Gasteiger partial charge in [0.05, 0.1) is 0 Å². The molecule has 1 saturated carbocycles. The number of nitrogens with one attached hydrogen (secondary N) is 2. The Kier molecular flexibility index (Phi) is 9.94. The number of piperidine rings is 1. The van der Waals surface area contributed by atoms with Gasteiger partial charge >= 0.3 is 215 Å². The van der Waals surface area contributed by atoms with Gasteiger partial charge in [-0.15, -0.1) is 0 Å². The number of aryl methyl sites for hydroxylation is 1. The Morgan fingerprint density at radius 3 is 2.66 bits per heavy atom. The number of rotatable bonds is 7. The Morgan fingerprint density at radius 2 is 1.97 bits per heavy atom. The zero-order valence-corrected chi connectivity index (χ0v) is 25.3. The molecule has 1 amide bonds. The second-order valence-electron chi connectivity index (χ2n) is 8.47. The Labute approximate surface area is 234 Å². The molecule has 2 atom stereocenters. The third-order valence-electron chi connectivity index (χ3n) is 5.74. The van der Waals surface area contributed by atoms with E-state index in [9.17, 15) is 18.0 Å². The SMILES string of the molecule is Cc1cc(F)c(C(=O)NC2CC2)cc1N([As])/C=C(\[As])c1cc(NC2CC[N-]CC2F)cnc1F.[Re]. The van der Waals surface area contributed by atoms with Crippen molar-refractivity contribution in [3.05, 3.63) is 64.4 Å². The molecular weight excluding hydrogens is 755 g/mol. The van der Waals surface area contributed by atoms with E-state index in [1.807, 2.05) is 0 Å². The van der Waals surface area contributed by atoms with Gasteiger partial charge in [-0.05, 0) is 0 Å². The zero-order chi connectivity index (χ0) is 24.4. The first-order valence-corrected chi connectivity index (χ1v) is 12.7. The predicted octanol–water partition coefficient (Wildman–Crippen LogP) is 3.51. The maximum atomic E-state index is 14.6. The van der Waals surface area contributed by atoms with Crippen LogP contribution in [0.4, 0.5) is 24.5 Å². The number of hydrogen-bond donors (Lipinski definition) is 2. The van der Waals surface area contributed by atoms with Crippen LogP contribution in [0.1, 0.15) is 40.7 Å².